The van der Waals surface area contributed by atoms with Crippen molar-refractivity contribution < 1.29 is 17.9 Å². The Hall–Kier alpha value is -1.81. The molecule has 0 bridgehead atoms. The predicted molar refractivity (Wildman–Crippen MR) is 110 cm³/mol. The zero-order chi connectivity index (χ0) is 20.5. The van der Waals surface area contributed by atoms with Gasteiger partial charge >= 0.3 is 0 Å². The number of thiazole rings is 1. The van der Waals surface area contributed by atoms with Crippen molar-refractivity contribution in [2.75, 3.05) is 31.6 Å². The third-order valence-electron chi connectivity index (χ3n) is 4.58. The highest BCUT2D eigenvalue weighted by Crippen LogP contribution is 2.27. The molecule has 9 heteroatoms. The van der Waals surface area contributed by atoms with Gasteiger partial charge in [-0.15, -0.1) is 11.3 Å². The average molecular weight is 424 g/mol. The molecule has 0 aliphatic carbocycles. The van der Waals surface area contributed by atoms with Crippen LogP contribution in [0.25, 0.3) is 0 Å². The van der Waals surface area contributed by atoms with Crippen LogP contribution in [0.1, 0.15) is 45.7 Å². The lowest BCUT2D eigenvalue weighted by Crippen LogP contribution is -2.40. The normalized spacial score (nSPS) is 15.8. The van der Waals surface area contributed by atoms with Gasteiger partial charge in [0.2, 0.25) is 10.0 Å². The third kappa shape index (κ3) is 4.27. The van der Waals surface area contributed by atoms with E-state index in [-0.39, 0.29) is 16.7 Å². The molecule has 0 spiro atoms. The van der Waals surface area contributed by atoms with Crippen molar-refractivity contribution in [3.63, 3.8) is 0 Å². The van der Waals surface area contributed by atoms with E-state index in [2.05, 4.69) is 10.3 Å². The van der Waals surface area contributed by atoms with Gasteiger partial charge in [0.15, 0.2) is 0 Å². The molecule has 3 rings (SSSR count). The lowest BCUT2D eigenvalue weighted by Gasteiger charge is -2.26. The number of anilines is 1. The van der Waals surface area contributed by atoms with Crippen molar-refractivity contribution in [3.8, 4) is 0 Å². The minimum atomic E-state index is -3.62. The Balaban J connectivity index is 1.87. The predicted octanol–water partition coefficient (Wildman–Crippen LogP) is 3.16. The number of carbonyl (C=O) groups excluding carboxylic acids is 1. The standard InChI is InChI=1S/C19H25N3O4S2/c1-12(2)19-20-14(4)17(27-19)18(23)21-16-11-15(6-5-13(16)3)28(24,25)22-7-9-26-10-8-22/h5-6,11-12H,7-10H2,1-4H3,(H,21,23). The third-order valence-corrected chi connectivity index (χ3v) is 7.93. The number of aryl methyl sites for hydroxylation is 2. The fraction of sp³-hybridized carbons (Fsp3) is 0.474. The first-order chi connectivity index (χ1) is 13.2. The van der Waals surface area contributed by atoms with Crippen LogP contribution in [-0.2, 0) is 14.8 Å². The molecule has 1 aliphatic heterocycles. The molecule has 28 heavy (non-hydrogen) atoms. The number of amides is 1. The van der Waals surface area contributed by atoms with Crippen LogP contribution in [0.4, 0.5) is 5.69 Å². The second-order valence-corrected chi connectivity index (χ2v) is 10.0. The highest BCUT2D eigenvalue weighted by atomic mass is 32.2. The Bertz CT molecular complexity index is 977. The zero-order valence-corrected chi connectivity index (χ0v) is 18.1. The number of rotatable bonds is 5. The number of hydrogen-bond acceptors (Lipinski definition) is 6. The second kappa shape index (κ2) is 8.28. The van der Waals surface area contributed by atoms with Gasteiger partial charge in [-0.25, -0.2) is 13.4 Å². The molecule has 152 valence electrons. The van der Waals surface area contributed by atoms with Crippen LogP contribution in [0.15, 0.2) is 23.1 Å². The minimum Gasteiger partial charge on any atom is -0.379 e. The molecular weight excluding hydrogens is 398 g/mol. The molecule has 1 N–H and O–H groups in total. The first-order valence-electron chi connectivity index (χ1n) is 9.17. The summed E-state index contributed by atoms with van der Waals surface area (Å²) in [6, 6.07) is 4.81. The van der Waals surface area contributed by atoms with Gasteiger partial charge in [0.25, 0.3) is 5.91 Å². The van der Waals surface area contributed by atoms with Crippen LogP contribution in [-0.4, -0.2) is 49.9 Å². The van der Waals surface area contributed by atoms with Crippen LogP contribution in [0.5, 0.6) is 0 Å². The van der Waals surface area contributed by atoms with Crippen LogP contribution in [0, 0.1) is 13.8 Å². The van der Waals surface area contributed by atoms with Crippen molar-refractivity contribution >= 4 is 33.0 Å². The summed E-state index contributed by atoms with van der Waals surface area (Å²) < 4.78 is 32.4. The number of nitrogens with zero attached hydrogens (tertiary/aromatic N) is 2. The first-order valence-corrected chi connectivity index (χ1v) is 11.4. The molecule has 1 saturated heterocycles. The lowest BCUT2D eigenvalue weighted by atomic mass is 10.2. The maximum absolute atomic E-state index is 12.9. The number of benzene rings is 1. The van der Waals surface area contributed by atoms with E-state index in [0.29, 0.717) is 42.6 Å². The summed E-state index contributed by atoms with van der Waals surface area (Å²) in [6.07, 6.45) is 0. The van der Waals surface area contributed by atoms with E-state index >= 15 is 0 Å². The Labute approximate surface area is 169 Å². The van der Waals surface area contributed by atoms with E-state index in [1.807, 2.05) is 27.7 Å². The lowest BCUT2D eigenvalue weighted by molar-refractivity contribution is 0.0730. The van der Waals surface area contributed by atoms with Gasteiger partial charge in [0, 0.05) is 24.7 Å². The van der Waals surface area contributed by atoms with E-state index in [4.69, 9.17) is 4.74 Å². The Morgan fingerprint density at radius 1 is 1.25 bits per heavy atom. The molecule has 1 amide bonds. The Morgan fingerprint density at radius 3 is 2.54 bits per heavy atom. The molecule has 1 aromatic heterocycles. The van der Waals surface area contributed by atoms with E-state index in [1.54, 1.807) is 12.1 Å². The van der Waals surface area contributed by atoms with Gasteiger partial charge < -0.3 is 10.1 Å². The van der Waals surface area contributed by atoms with Gasteiger partial charge in [-0.05, 0) is 31.5 Å². The van der Waals surface area contributed by atoms with Crippen LogP contribution in [0.3, 0.4) is 0 Å². The number of sulfonamides is 1. The van der Waals surface area contributed by atoms with Gasteiger partial charge in [-0.1, -0.05) is 19.9 Å². The fourth-order valence-electron chi connectivity index (χ4n) is 2.89. The Kier molecular flexibility index (Phi) is 6.18. The summed E-state index contributed by atoms with van der Waals surface area (Å²) in [4.78, 5) is 17.9. The molecular formula is C19H25N3O4S2. The quantitative estimate of drug-likeness (QED) is 0.798. The van der Waals surface area contributed by atoms with Crippen molar-refractivity contribution in [1.29, 1.82) is 0 Å². The highest BCUT2D eigenvalue weighted by Gasteiger charge is 2.27. The maximum atomic E-state index is 12.9. The van der Waals surface area contributed by atoms with Gasteiger partial charge in [0.05, 0.1) is 28.8 Å². The Morgan fingerprint density at radius 2 is 1.93 bits per heavy atom. The number of nitrogens with one attached hydrogen (secondary N) is 1. The fourth-order valence-corrected chi connectivity index (χ4v) is 5.29. The molecule has 1 aromatic carbocycles. The van der Waals surface area contributed by atoms with Crippen molar-refractivity contribution in [3.05, 3.63) is 39.3 Å². The smallest absolute Gasteiger partial charge is 0.267 e. The van der Waals surface area contributed by atoms with E-state index in [9.17, 15) is 13.2 Å². The summed E-state index contributed by atoms with van der Waals surface area (Å²) in [7, 11) is -3.62. The summed E-state index contributed by atoms with van der Waals surface area (Å²) in [6.45, 7) is 9.14. The minimum absolute atomic E-state index is 0.166. The van der Waals surface area contributed by atoms with Gasteiger partial charge in [0.1, 0.15) is 4.88 Å². The molecule has 0 unspecified atom stereocenters. The topological polar surface area (TPSA) is 88.6 Å². The molecule has 0 saturated carbocycles. The maximum Gasteiger partial charge on any atom is 0.267 e. The van der Waals surface area contributed by atoms with Crippen molar-refractivity contribution in [1.82, 2.24) is 9.29 Å². The van der Waals surface area contributed by atoms with Crippen molar-refractivity contribution in [2.45, 2.75) is 38.5 Å². The van der Waals surface area contributed by atoms with Crippen LogP contribution >= 0.6 is 11.3 Å². The zero-order valence-electron chi connectivity index (χ0n) is 16.5. The molecule has 2 heterocycles. The molecule has 1 fully saturated rings. The number of ether oxygens (including phenoxy) is 1. The number of hydrogen-bond donors (Lipinski definition) is 1. The summed E-state index contributed by atoms with van der Waals surface area (Å²) >= 11 is 1.37. The second-order valence-electron chi connectivity index (χ2n) is 7.07. The van der Waals surface area contributed by atoms with E-state index in [1.165, 1.54) is 21.7 Å². The summed E-state index contributed by atoms with van der Waals surface area (Å²) in [5, 5.41) is 3.76. The molecule has 7 nitrogen and oxygen atoms in total. The number of morpholine rings is 1. The summed E-state index contributed by atoms with van der Waals surface area (Å²) in [5.41, 5.74) is 1.96. The van der Waals surface area contributed by atoms with E-state index in [0.717, 1.165) is 10.6 Å². The largest absolute Gasteiger partial charge is 0.379 e. The molecule has 1 aliphatic rings. The molecule has 0 atom stereocenters. The molecule has 2 aromatic rings. The molecule has 0 radical (unpaired) electrons. The first kappa shape index (κ1) is 20.9. The summed E-state index contributed by atoms with van der Waals surface area (Å²) in [5.74, 6) is -0.0279. The van der Waals surface area contributed by atoms with Crippen LogP contribution < -0.4 is 5.32 Å². The van der Waals surface area contributed by atoms with E-state index < -0.39 is 10.0 Å². The average Bonchev–Trinajstić information content (AvgIpc) is 3.06. The number of carbonyl (C=O) groups is 1. The highest BCUT2D eigenvalue weighted by molar-refractivity contribution is 7.89. The number of aromatic nitrogens is 1. The van der Waals surface area contributed by atoms with Gasteiger partial charge in [-0.3, -0.25) is 4.79 Å². The van der Waals surface area contributed by atoms with Crippen molar-refractivity contribution in [2.24, 2.45) is 0 Å². The van der Waals surface area contributed by atoms with Gasteiger partial charge in [-0.2, -0.15) is 4.31 Å². The monoisotopic (exact) mass is 423 g/mol. The SMILES string of the molecule is Cc1ccc(S(=O)(=O)N2CCOCC2)cc1NC(=O)c1sc(C(C)C)nc1C. The van der Waals surface area contributed by atoms with Crippen LogP contribution in [0.2, 0.25) is 0 Å².